The molecule has 0 aliphatic heterocycles. The van der Waals surface area contributed by atoms with Crippen molar-refractivity contribution in [2.24, 2.45) is 10.8 Å². The number of rotatable bonds is 5. The first-order chi connectivity index (χ1) is 22.6. The molecule has 2 saturated carbocycles. The molecule has 3 aliphatic carbocycles. The number of anilines is 2. The van der Waals surface area contributed by atoms with Gasteiger partial charge in [-0.15, -0.1) is 0 Å². The SMILES string of the molecule is CC1(C)CCC(c2ccc(-c3ccccc3)cc2N(c2cc3c(cc2C2CCC(C)(C)CC2)C(C)(C)c2ccccc2-3)C(C)(C)C)CC1. The zero-order chi connectivity index (χ0) is 34.1. The van der Waals surface area contributed by atoms with Crippen LogP contribution in [0.2, 0.25) is 0 Å². The molecule has 7 rings (SSSR count). The molecule has 2 fully saturated rings. The summed E-state index contributed by atoms with van der Waals surface area (Å²) in [5, 5.41) is 0. The minimum Gasteiger partial charge on any atom is -0.336 e. The molecule has 0 atom stereocenters. The molecule has 1 nitrogen and oxygen atoms in total. The average Bonchev–Trinajstić information content (AvgIpc) is 3.26. The number of fused-ring (bicyclic) bond motifs is 3. The van der Waals surface area contributed by atoms with Gasteiger partial charge in [-0.3, -0.25) is 0 Å². The molecule has 48 heavy (non-hydrogen) atoms. The lowest BCUT2D eigenvalue weighted by molar-refractivity contribution is 0.224. The highest BCUT2D eigenvalue weighted by Crippen LogP contribution is 2.56. The first kappa shape index (κ1) is 33.2. The van der Waals surface area contributed by atoms with Gasteiger partial charge in [-0.1, -0.05) is 114 Å². The maximum absolute atomic E-state index is 2.79. The lowest BCUT2D eigenvalue weighted by Gasteiger charge is -2.44. The Bertz CT molecular complexity index is 1780. The van der Waals surface area contributed by atoms with Gasteiger partial charge >= 0.3 is 0 Å². The normalized spacial score (nSPS) is 20.3. The number of hydrogen-bond acceptors (Lipinski definition) is 1. The Labute approximate surface area is 292 Å². The van der Waals surface area contributed by atoms with Crippen molar-refractivity contribution >= 4 is 11.4 Å². The molecule has 0 heterocycles. The standard InChI is InChI=1S/C47H59N/c1-44(2,3)48(42-29-35(32-15-11-10-12-16-32)19-20-36(42)33-21-25-45(4,5)26-22-33)43-31-39-37-17-13-14-18-40(37)47(8,9)41(39)30-38(43)34-23-27-46(6,7)28-24-34/h10-20,29-31,33-34H,21-28H2,1-9H3. The first-order valence-electron chi connectivity index (χ1n) is 18.9. The second-order valence-electron chi connectivity index (χ2n) is 18.7. The molecule has 0 aromatic heterocycles. The minimum absolute atomic E-state index is 0.00695. The van der Waals surface area contributed by atoms with Gasteiger partial charge in [0.2, 0.25) is 0 Å². The van der Waals surface area contributed by atoms with Crippen molar-refractivity contribution in [2.45, 2.75) is 136 Å². The molecular formula is C47H59N. The van der Waals surface area contributed by atoms with E-state index in [2.05, 4.69) is 152 Å². The van der Waals surface area contributed by atoms with Crippen molar-refractivity contribution in [1.29, 1.82) is 0 Å². The van der Waals surface area contributed by atoms with E-state index in [4.69, 9.17) is 0 Å². The summed E-state index contributed by atoms with van der Waals surface area (Å²) in [4.78, 5) is 2.79. The summed E-state index contributed by atoms with van der Waals surface area (Å²) in [6.07, 6.45) is 10.2. The van der Waals surface area contributed by atoms with Crippen LogP contribution in [0, 0.1) is 10.8 Å². The zero-order valence-electron chi connectivity index (χ0n) is 31.3. The molecule has 1 heteroatoms. The summed E-state index contributed by atoms with van der Waals surface area (Å²) >= 11 is 0. The summed E-state index contributed by atoms with van der Waals surface area (Å²) in [6, 6.07) is 33.0. The Morgan fingerprint density at radius 2 is 1.06 bits per heavy atom. The monoisotopic (exact) mass is 637 g/mol. The lowest BCUT2D eigenvalue weighted by Crippen LogP contribution is -2.39. The predicted molar refractivity (Wildman–Crippen MR) is 208 cm³/mol. The number of benzene rings is 4. The second-order valence-corrected chi connectivity index (χ2v) is 18.7. The summed E-state index contributed by atoms with van der Waals surface area (Å²) in [7, 11) is 0. The fraction of sp³-hybridized carbons (Fsp3) is 0.489. The van der Waals surface area contributed by atoms with Crippen molar-refractivity contribution in [1.82, 2.24) is 0 Å². The zero-order valence-corrected chi connectivity index (χ0v) is 31.3. The molecule has 0 bridgehead atoms. The highest BCUT2D eigenvalue weighted by Gasteiger charge is 2.40. The van der Waals surface area contributed by atoms with E-state index < -0.39 is 0 Å². The second kappa shape index (κ2) is 11.9. The lowest BCUT2D eigenvalue weighted by atomic mass is 9.70. The maximum atomic E-state index is 2.79. The van der Waals surface area contributed by atoms with Gasteiger partial charge in [0.25, 0.3) is 0 Å². The van der Waals surface area contributed by atoms with Crippen molar-refractivity contribution in [2.75, 3.05) is 4.90 Å². The van der Waals surface area contributed by atoms with Gasteiger partial charge < -0.3 is 4.90 Å². The summed E-state index contributed by atoms with van der Waals surface area (Å²) < 4.78 is 0. The molecule has 0 saturated heterocycles. The molecule has 0 unspecified atom stereocenters. The van der Waals surface area contributed by atoms with Crippen LogP contribution in [0.3, 0.4) is 0 Å². The Morgan fingerprint density at radius 1 is 0.521 bits per heavy atom. The molecule has 0 N–H and O–H groups in total. The van der Waals surface area contributed by atoms with E-state index in [0.717, 1.165) is 0 Å². The van der Waals surface area contributed by atoms with Gasteiger partial charge in [0.05, 0.1) is 0 Å². The summed E-state index contributed by atoms with van der Waals surface area (Å²) in [5.74, 6) is 1.15. The summed E-state index contributed by atoms with van der Waals surface area (Å²) in [6.45, 7) is 22.1. The predicted octanol–water partition coefficient (Wildman–Crippen LogP) is 14.0. The van der Waals surface area contributed by atoms with Crippen LogP contribution in [-0.4, -0.2) is 5.54 Å². The molecular weight excluding hydrogens is 579 g/mol. The van der Waals surface area contributed by atoms with E-state index in [1.54, 1.807) is 5.56 Å². The third-order valence-electron chi connectivity index (χ3n) is 12.6. The van der Waals surface area contributed by atoms with Crippen molar-refractivity contribution in [3.05, 3.63) is 107 Å². The Morgan fingerprint density at radius 3 is 1.67 bits per heavy atom. The molecule has 252 valence electrons. The van der Waals surface area contributed by atoms with Gasteiger partial charge in [0, 0.05) is 22.3 Å². The highest BCUT2D eigenvalue weighted by atomic mass is 15.2. The molecule has 4 aromatic carbocycles. The topological polar surface area (TPSA) is 3.24 Å². The molecule has 3 aliphatic rings. The fourth-order valence-corrected chi connectivity index (χ4v) is 9.44. The summed E-state index contributed by atoms with van der Waals surface area (Å²) in [5.41, 5.74) is 15.1. The third-order valence-corrected chi connectivity index (χ3v) is 12.6. The van der Waals surface area contributed by atoms with E-state index in [9.17, 15) is 0 Å². The van der Waals surface area contributed by atoms with Crippen LogP contribution >= 0.6 is 0 Å². The van der Waals surface area contributed by atoms with Gasteiger partial charge in [-0.25, -0.2) is 0 Å². The average molecular weight is 638 g/mol. The molecule has 0 spiro atoms. The quantitative estimate of drug-likeness (QED) is 0.210. The van der Waals surface area contributed by atoms with Gasteiger partial charge in [-0.05, 0) is 151 Å². The highest BCUT2D eigenvalue weighted by molar-refractivity contribution is 5.87. The smallest absolute Gasteiger partial charge is 0.0457 e. The van der Waals surface area contributed by atoms with Crippen LogP contribution in [-0.2, 0) is 5.41 Å². The van der Waals surface area contributed by atoms with Crippen molar-refractivity contribution < 1.29 is 0 Å². The van der Waals surface area contributed by atoms with Crippen LogP contribution in [0.4, 0.5) is 11.4 Å². The van der Waals surface area contributed by atoms with E-state index in [1.165, 1.54) is 102 Å². The maximum Gasteiger partial charge on any atom is 0.0457 e. The third kappa shape index (κ3) is 6.05. The Balaban J connectivity index is 1.47. The minimum atomic E-state index is -0.122. The van der Waals surface area contributed by atoms with Crippen LogP contribution in [0.15, 0.2) is 84.9 Å². The largest absolute Gasteiger partial charge is 0.336 e. The number of nitrogens with zero attached hydrogens (tertiary/aromatic N) is 1. The van der Waals surface area contributed by atoms with E-state index in [-0.39, 0.29) is 11.0 Å². The van der Waals surface area contributed by atoms with E-state index in [0.29, 0.717) is 22.7 Å². The van der Waals surface area contributed by atoms with Crippen LogP contribution in [0.1, 0.15) is 148 Å². The van der Waals surface area contributed by atoms with Crippen LogP contribution < -0.4 is 4.90 Å². The van der Waals surface area contributed by atoms with Crippen molar-refractivity contribution in [3.63, 3.8) is 0 Å². The Kier molecular flexibility index (Phi) is 8.25. The first-order valence-corrected chi connectivity index (χ1v) is 18.9. The molecule has 4 aromatic rings. The van der Waals surface area contributed by atoms with Gasteiger partial charge in [-0.2, -0.15) is 0 Å². The van der Waals surface area contributed by atoms with Crippen molar-refractivity contribution in [3.8, 4) is 22.3 Å². The van der Waals surface area contributed by atoms with E-state index >= 15 is 0 Å². The fourth-order valence-electron chi connectivity index (χ4n) is 9.44. The Hall–Kier alpha value is -3.32. The van der Waals surface area contributed by atoms with Crippen LogP contribution in [0.25, 0.3) is 22.3 Å². The van der Waals surface area contributed by atoms with E-state index in [1.807, 2.05) is 0 Å². The van der Waals surface area contributed by atoms with Crippen LogP contribution in [0.5, 0.6) is 0 Å². The molecule has 0 amide bonds. The molecule has 0 radical (unpaired) electrons. The van der Waals surface area contributed by atoms with Gasteiger partial charge in [0.15, 0.2) is 0 Å². The number of hydrogen-bond donors (Lipinski definition) is 0. The van der Waals surface area contributed by atoms with Gasteiger partial charge in [0.1, 0.15) is 0 Å².